The smallest absolute Gasteiger partial charge is 0.114 e. The maximum Gasteiger partial charge on any atom is 0.114 e. The minimum absolute atomic E-state index is 0.116. The second-order valence-corrected chi connectivity index (χ2v) is 4.54. The van der Waals surface area contributed by atoms with Crippen molar-refractivity contribution in [3.8, 4) is 17.3 Å². The van der Waals surface area contributed by atoms with Gasteiger partial charge in [-0.3, -0.25) is 0 Å². The van der Waals surface area contributed by atoms with Crippen LogP contribution in [0.5, 0.6) is 0 Å². The van der Waals surface area contributed by atoms with Crippen LogP contribution in [-0.2, 0) is 7.05 Å². The fourth-order valence-electron chi connectivity index (χ4n) is 1.88. The molecule has 19 heavy (non-hydrogen) atoms. The van der Waals surface area contributed by atoms with E-state index in [9.17, 15) is 0 Å². The largest absolute Gasteiger partial charge is 0.389 e. The second-order valence-electron chi connectivity index (χ2n) is 4.10. The Morgan fingerprint density at radius 3 is 2.53 bits per heavy atom. The summed E-state index contributed by atoms with van der Waals surface area (Å²) < 4.78 is 2.00. The molecule has 0 aliphatic carbocycles. The number of benzene rings is 1. The van der Waals surface area contributed by atoms with Crippen LogP contribution in [0, 0.1) is 11.3 Å². The van der Waals surface area contributed by atoms with Crippen LogP contribution in [0.1, 0.15) is 5.69 Å². The van der Waals surface area contributed by atoms with Crippen molar-refractivity contribution in [2.75, 3.05) is 0 Å². The molecule has 0 saturated carbocycles. The molecule has 0 unspecified atom stereocenters. The Labute approximate surface area is 117 Å². The first-order valence-electron chi connectivity index (χ1n) is 5.76. The quantitative estimate of drug-likeness (QED) is 0.528. The molecule has 1 heterocycles. The molecule has 0 fully saturated rings. The first kappa shape index (κ1) is 13.1. The molecule has 1 aromatic heterocycles. The Kier molecular flexibility index (Phi) is 3.79. The van der Waals surface area contributed by atoms with Crippen molar-refractivity contribution in [2.24, 2.45) is 12.8 Å². The monoisotopic (exact) mass is 267 g/mol. The van der Waals surface area contributed by atoms with E-state index in [0.29, 0.717) is 5.57 Å². The SMILES string of the molecule is Cn1c(C=C(C#N)C(N)=S)ccc1-c1ccccc1. The summed E-state index contributed by atoms with van der Waals surface area (Å²) in [5.41, 5.74) is 8.90. The van der Waals surface area contributed by atoms with Gasteiger partial charge in [-0.15, -0.1) is 0 Å². The third-order valence-corrected chi connectivity index (χ3v) is 3.13. The highest BCUT2D eigenvalue weighted by atomic mass is 32.1. The second kappa shape index (κ2) is 5.51. The molecule has 0 bridgehead atoms. The van der Waals surface area contributed by atoms with Crippen molar-refractivity contribution in [2.45, 2.75) is 0 Å². The van der Waals surface area contributed by atoms with E-state index in [1.165, 1.54) is 0 Å². The number of nitriles is 1. The first-order chi connectivity index (χ1) is 9.13. The molecule has 0 atom stereocenters. The van der Waals surface area contributed by atoms with E-state index in [4.69, 9.17) is 23.2 Å². The zero-order valence-corrected chi connectivity index (χ0v) is 11.3. The molecular weight excluding hydrogens is 254 g/mol. The summed E-state index contributed by atoms with van der Waals surface area (Å²) in [4.78, 5) is 0.116. The fourth-order valence-corrected chi connectivity index (χ4v) is 1.98. The van der Waals surface area contributed by atoms with E-state index in [2.05, 4.69) is 0 Å². The van der Waals surface area contributed by atoms with Crippen molar-refractivity contribution < 1.29 is 0 Å². The molecule has 0 spiro atoms. The van der Waals surface area contributed by atoms with E-state index in [1.54, 1.807) is 6.08 Å². The maximum atomic E-state index is 8.98. The van der Waals surface area contributed by atoms with Gasteiger partial charge >= 0.3 is 0 Å². The van der Waals surface area contributed by atoms with E-state index in [1.807, 2.05) is 60.1 Å². The zero-order valence-electron chi connectivity index (χ0n) is 10.5. The number of nitrogens with zero attached hydrogens (tertiary/aromatic N) is 2. The summed E-state index contributed by atoms with van der Waals surface area (Å²) in [5, 5.41) is 8.98. The molecule has 2 aromatic rings. The zero-order chi connectivity index (χ0) is 13.8. The number of nitrogens with two attached hydrogens (primary N) is 1. The molecule has 0 amide bonds. The van der Waals surface area contributed by atoms with Gasteiger partial charge in [-0.1, -0.05) is 42.5 Å². The van der Waals surface area contributed by atoms with Crippen molar-refractivity contribution in [3.63, 3.8) is 0 Å². The average Bonchev–Trinajstić information content (AvgIpc) is 2.78. The van der Waals surface area contributed by atoms with Crippen LogP contribution >= 0.6 is 12.2 Å². The van der Waals surface area contributed by atoms with Gasteiger partial charge in [0.25, 0.3) is 0 Å². The summed E-state index contributed by atoms with van der Waals surface area (Å²) in [6, 6.07) is 16.0. The van der Waals surface area contributed by atoms with Gasteiger partial charge in [0.05, 0.1) is 5.57 Å². The van der Waals surface area contributed by atoms with Gasteiger partial charge in [0.15, 0.2) is 0 Å². The topological polar surface area (TPSA) is 54.7 Å². The predicted octanol–water partition coefficient (Wildman–Crippen LogP) is 2.89. The van der Waals surface area contributed by atoms with Gasteiger partial charge in [-0.05, 0) is 23.8 Å². The number of rotatable bonds is 3. The van der Waals surface area contributed by atoms with Gasteiger partial charge < -0.3 is 10.3 Å². The molecule has 0 aliphatic rings. The van der Waals surface area contributed by atoms with Crippen LogP contribution in [0.25, 0.3) is 17.3 Å². The molecular formula is C15H13N3S. The lowest BCUT2D eigenvalue weighted by Gasteiger charge is -2.05. The predicted molar refractivity (Wildman–Crippen MR) is 81.2 cm³/mol. The molecule has 94 valence electrons. The highest BCUT2D eigenvalue weighted by Crippen LogP contribution is 2.22. The molecule has 0 radical (unpaired) electrons. The summed E-state index contributed by atoms with van der Waals surface area (Å²) in [5.74, 6) is 0. The summed E-state index contributed by atoms with van der Waals surface area (Å²) in [6.45, 7) is 0. The number of hydrogen-bond acceptors (Lipinski definition) is 2. The average molecular weight is 267 g/mol. The van der Waals surface area contributed by atoms with E-state index in [0.717, 1.165) is 17.0 Å². The molecule has 0 aliphatic heterocycles. The minimum atomic E-state index is 0.116. The Morgan fingerprint density at radius 2 is 1.95 bits per heavy atom. The molecule has 0 saturated heterocycles. The lowest BCUT2D eigenvalue weighted by atomic mass is 10.2. The van der Waals surface area contributed by atoms with Gasteiger partial charge in [0.2, 0.25) is 0 Å². The summed E-state index contributed by atoms with van der Waals surface area (Å²) in [6.07, 6.45) is 1.70. The van der Waals surface area contributed by atoms with Crippen molar-refractivity contribution in [3.05, 3.63) is 53.7 Å². The van der Waals surface area contributed by atoms with Crippen LogP contribution in [0.4, 0.5) is 0 Å². The van der Waals surface area contributed by atoms with Crippen molar-refractivity contribution in [1.82, 2.24) is 4.57 Å². The lowest BCUT2D eigenvalue weighted by molar-refractivity contribution is 0.924. The highest BCUT2D eigenvalue weighted by Gasteiger charge is 2.07. The number of hydrogen-bond donors (Lipinski definition) is 1. The van der Waals surface area contributed by atoms with E-state index < -0.39 is 0 Å². The third-order valence-electron chi connectivity index (χ3n) is 2.91. The van der Waals surface area contributed by atoms with Gasteiger partial charge in [-0.2, -0.15) is 5.26 Å². The Bertz CT molecular complexity index is 675. The van der Waals surface area contributed by atoms with Crippen LogP contribution < -0.4 is 5.73 Å². The van der Waals surface area contributed by atoms with Crippen LogP contribution in [0.3, 0.4) is 0 Å². The minimum Gasteiger partial charge on any atom is -0.389 e. The summed E-state index contributed by atoms with van der Waals surface area (Å²) in [7, 11) is 1.95. The molecule has 2 rings (SSSR count). The van der Waals surface area contributed by atoms with E-state index in [-0.39, 0.29) is 4.99 Å². The Balaban J connectivity index is 2.45. The van der Waals surface area contributed by atoms with Gasteiger partial charge in [0.1, 0.15) is 11.1 Å². The normalized spacial score (nSPS) is 11.1. The van der Waals surface area contributed by atoms with E-state index >= 15 is 0 Å². The number of thiocarbonyl (C=S) groups is 1. The first-order valence-corrected chi connectivity index (χ1v) is 6.17. The molecule has 3 nitrogen and oxygen atoms in total. The maximum absolute atomic E-state index is 8.98. The number of aromatic nitrogens is 1. The van der Waals surface area contributed by atoms with Crippen LogP contribution in [0.2, 0.25) is 0 Å². The Morgan fingerprint density at radius 1 is 1.26 bits per heavy atom. The fraction of sp³-hybridized carbons (Fsp3) is 0.0667. The van der Waals surface area contributed by atoms with Crippen LogP contribution in [0.15, 0.2) is 48.0 Å². The Hall–Kier alpha value is -2.38. The standard InChI is InChI=1S/C15H13N3S/c1-18-13(9-12(10-16)15(17)19)7-8-14(18)11-5-3-2-4-6-11/h2-9H,1H3,(H2,17,19). The van der Waals surface area contributed by atoms with Crippen molar-refractivity contribution in [1.29, 1.82) is 5.26 Å². The lowest BCUT2D eigenvalue weighted by Crippen LogP contribution is -2.10. The third kappa shape index (κ3) is 2.72. The van der Waals surface area contributed by atoms with Crippen LogP contribution in [-0.4, -0.2) is 9.56 Å². The van der Waals surface area contributed by atoms with Crippen molar-refractivity contribution >= 4 is 23.3 Å². The molecule has 4 heteroatoms. The highest BCUT2D eigenvalue weighted by molar-refractivity contribution is 7.80. The van der Waals surface area contributed by atoms with Gasteiger partial charge in [0, 0.05) is 18.4 Å². The molecule has 2 N–H and O–H groups in total. The molecule has 1 aromatic carbocycles. The summed E-state index contributed by atoms with van der Waals surface area (Å²) >= 11 is 4.84. The van der Waals surface area contributed by atoms with Gasteiger partial charge in [-0.25, -0.2) is 0 Å².